The van der Waals surface area contributed by atoms with E-state index in [1.807, 2.05) is 19.1 Å². The van der Waals surface area contributed by atoms with Crippen molar-refractivity contribution in [2.45, 2.75) is 51.3 Å². The topological polar surface area (TPSA) is 58.5 Å². The van der Waals surface area contributed by atoms with Crippen LogP contribution < -0.4 is 4.83 Å². The number of benzene rings is 1. The van der Waals surface area contributed by atoms with Gasteiger partial charge in [-0.05, 0) is 56.2 Å². The number of aryl methyl sites for hydroxylation is 2. The van der Waals surface area contributed by atoms with Gasteiger partial charge in [-0.25, -0.2) is 4.83 Å². The lowest BCUT2D eigenvalue weighted by atomic mass is 9.89. The molecule has 1 aliphatic carbocycles. The fourth-order valence-corrected chi connectivity index (χ4v) is 3.67. The molecular formula is C15H22N2O2S. The smallest absolute Gasteiger partial charge is 0.200 e. The SMILES string of the molecule is Cc1ccc(C)c(S(=O)(=O)N/N=C2/CCCC[C@@H]2C)c1. The minimum absolute atomic E-state index is 0.310. The summed E-state index contributed by atoms with van der Waals surface area (Å²) in [5, 5.41) is 4.16. The highest BCUT2D eigenvalue weighted by Crippen LogP contribution is 2.21. The average Bonchev–Trinajstić information content (AvgIpc) is 2.40. The van der Waals surface area contributed by atoms with Crippen molar-refractivity contribution in [3.05, 3.63) is 29.3 Å². The molecule has 0 spiro atoms. The zero-order valence-corrected chi connectivity index (χ0v) is 13.1. The molecule has 0 amide bonds. The fraction of sp³-hybridized carbons (Fsp3) is 0.533. The average molecular weight is 294 g/mol. The minimum atomic E-state index is -3.57. The molecular weight excluding hydrogens is 272 g/mol. The third-order valence-corrected chi connectivity index (χ3v) is 5.18. The first-order valence-corrected chi connectivity index (χ1v) is 8.54. The maximum atomic E-state index is 12.3. The lowest BCUT2D eigenvalue weighted by molar-refractivity contribution is 0.552. The van der Waals surface area contributed by atoms with E-state index in [9.17, 15) is 8.42 Å². The fourth-order valence-electron chi connectivity index (χ4n) is 2.50. The Labute approximate surface area is 121 Å². The summed E-state index contributed by atoms with van der Waals surface area (Å²) in [5.41, 5.74) is 2.62. The first kappa shape index (κ1) is 15.0. The molecule has 1 aromatic rings. The Morgan fingerprint density at radius 2 is 2.00 bits per heavy atom. The minimum Gasteiger partial charge on any atom is -0.200 e. The summed E-state index contributed by atoms with van der Waals surface area (Å²) in [6.45, 7) is 5.78. The number of hydrogen-bond donors (Lipinski definition) is 1. The van der Waals surface area contributed by atoms with Gasteiger partial charge in [-0.15, -0.1) is 0 Å². The molecule has 0 bridgehead atoms. The molecule has 2 rings (SSSR count). The molecule has 4 nitrogen and oxygen atoms in total. The van der Waals surface area contributed by atoms with Gasteiger partial charge in [0.1, 0.15) is 0 Å². The molecule has 0 heterocycles. The summed E-state index contributed by atoms with van der Waals surface area (Å²) in [6.07, 6.45) is 4.26. The molecule has 0 aromatic heterocycles. The van der Waals surface area contributed by atoms with E-state index < -0.39 is 10.0 Å². The van der Waals surface area contributed by atoms with Gasteiger partial charge in [-0.1, -0.05) is 25.5 Å². The Balaban J connectivity index is 2.23. The van der Waals surface area contributed by atoms with E-state index in [-0.39, 0.29) is 0 Å². The van der Waals surface area contributed by atoms with Crippen LogP contribution in [0.1, 0.15) is 43.7 Å². The Morgan fingerprint density at radius 1 is 1.25 bits per heavy atom. The van der Waals surface area contributed by atoms with Crippen molar-refractivity contribution in [3.8, 4) is 0 Å². The molecule has 1 atom stereocenters. The molecule has 0 radical (unpaired) electrons. The normalized spacial score (nSPS) is 21.9. The number of nitrogens with one attached hydrogen (secondary N) is 1. The second-order valence-electron chi connectivity index (χ2n) is 5.61. The molecule has 1 aromatic carbocycles. The molecule has 1 N–H and O–H groups in total. The molecule has 5 heteroatoms. The number of hydrogen-bond acceptors (Lipinski definition) is 3. The van der Waals surface area contributed by atoms with Gasteiger partial charge in [-0.2, -0.15) is 13.5 Å². The highest BCUT2D eigenvalue weighted by molar-refractivity contribution is 7.89. The van der Waals surface area contributed by atoms with Crippen LogP contribution >= 0.6 is 0 Å². The van der Waals surface area contributed by atoms with Crippen molar-refractivity contribution in [1.29, 1.82) is 0 Å². The van der Waals surface area contributed by atoms with Crippen molar-refractivity contribution in [2.75, 3.05) is 0 Å². The zero-order chi connectivity index (χ0) is 14.8. The molecule has 20 heavy (non-hydrogen) atoms. The Kier molecular flexibility index (Phi) is 4.48. The van der Waals surface area contributed by atoms with Crippen LogP contribution in [0.15, 0.2) is 28.2 Å². The van der Waals surface area contributed by atoms with E-state index in [0.717, 1.165) is 36.1 Å². The summed E-state index contributed by atoms with van der Waals surface area (Å²) >= 11 is 0. The first-order valence-electron chi connectivity index (χ1n) is 7.05. The van der Waals surface area contributed by atoms with E-state index >= 15 is 0 Å². The van der Waals surface area contributed by atoms with Crippen LogP contribution in [0, 0.1) is 19.8 Å². The molecule has 110 valence electrons. The number of nitrogens with zero attached hydrogens (tertiary/aromatic N) is 1. The van der Waals surface area contributed by atoms with Gasteiger partial charge in [0.25, 0.3) is 10.0 Å². The van der Waals surface area contributed by atoms with Crippen LogP contribution in [0.2, 0.25) is 0 Å². The molecule has 1 aliphatic rings. The van der Waals surface area contributed by atoms with E-state index in [4.69, 9.17) is 0 Å². The number of hydrazone groups is 1. The third kappa shape index (κ3) is 3.39. The van der Waals surface area contributed by atoms with Gasteiger partial charge in [0, 0.05) is 5.71 Å². The molecule has 0 aliphatic heterocycles. The van der Waals surface area contributed by atoms with Gasteiger partial charge in [0.05, 0.1) is 4.90 Å². The van der Waals surface area contributed by atoms with Crippen LogP contribution in [-0.2, 0) is 10.0 Å². The van der Waals surface area contributed by atoms with E-state index in [1.165, 1.54) is 6.42 Å². The zero-order valence-electron chi connectivity index (χ0n) is 12.3. The number of sulfonamides is 1. The highest BCUT2D eigenvalue weighted by Gasteiger charge is 2.19. The third-order valence-electron chi connectivity index (χ3n) is 3.83. The Bertz CT molecular complexity index is 621. The Hall–Kier alpha value is -1.36. The quantitative estimate of drug-likeness (QED) is 0.871. The second-order valence-corrected chi connectivity index (χ2v) is 7.24. The van der Waals surface area contributed by atoms with Crippen LogP contribution in [0.4, 0.5) is 0 Å². The van der Waals surface area contributed by atoms with Gasteiger partial charge in [0.2, 0.25) is 0 Å². The lowest BCUT2D eigenvalue weighted by Crippen LogP contribution is -2.25. The maximum absolute atomic E-state index is 12.3. The monoisotopic (exact) mass is 294 g/mol. The predicted octanol–water partition coefficient (Wildman–Crippen LogP) is 3.15. The lowest BCUT2D eigenvalue weighted by Gasteiger charge is -2.20. The second kappa shape index (κ2) is 5.95. The van der Waals surface area contributed by atoms with Gasteiger partial charge >= 0.3 is 0 Å². The van der Waals surface area contributed by atoms with Crippen molar-refractivity contribution < 1.29 is 8.42 Å². The van der Waals surface area contributed by atoms with Crippen molar-refractivity contribution >= 4 is 15.7 Å². The molecule has 0 saturated heterocycles. The van der Waals surface area contributed by atoms with Gasteiger partial charge in [0.15, 0.2) is 0 Å². The van der Waals surface area contributed by atoms with Crippen LogP contribution in [0.25, 0.3) is 0 Å². The first-order chi connectivity index (χ1) is 9.40. The van der Waals surface area contributed by atoms with Crippen molar-refractivity contribution in [3.63, 3.8) is 0 Å². The Morgan fingerprint density at radius 3 is 2.70 bits per heavy atom. The van der Waals surface area contributed by atoms with E-state index in [2.05, 4.69) is 16.9 Å². The van der Waals surface area contributed by atoms with Crippen LogP contribution in [0.3, 0.4) is 0 Å². The maximum Gasteiger partial charge on any atom is 0.276 e. The predicted molar refractivity (Wildman–Crippen MR) is 81.3 cm³/mol. The largest absolute Gasteiger partial charge is 0.276 e. The van der Waals surface area contributed by atoms with Crippen molar-refractivity contribution in [1.82, 2.24) is 4.83 Å². The van der Waals surface area contributed by atoms with E-state index in [1.54, 1.807) is 13.0 Å². The van der Waals surface area contributed by atoms with Gasteiger partial charge in [-0.3, -0.25) is 0 Å². The standard InChI is InChI=1S/C15H22N2O2S/c1-11-8-9-13(3)15(10-11)20(18,19)17-16-14-7-5-4-6-12(14)2/h8-10,12,17H,4-7H2,1-3H3/b16-14-/t12-/m0/s1. The van der Waals surface area contributed by atoms with Crippen LogP contribution in [-0.4, -0.2) is 14.1 Å². The summed E-state index contributed by atoms with van der Waals surface area (Å²) in [4.78, 5) is 2.71. The summed E-state index contributed by atoms with van der Waals surface area (Å²) in [5.74, 6) is 0.366. The molecule has 1 fully saturated rings. The van der Waals surface area contributed by atoms with Crippen LogP contribution in [0.5, 0.6) is 0 Å². The molecule has 0 unspecified atom stereocenters. The summed E-state index contributed by atoms with van der Waals surface area (Å²) < 4.78 is 24.7. The number of rotatable bonds is 3. The van der Waals surface area contributed by atoms with Gasteiger partial charge < -0.3 is 0 Å². The summed E-state index contributed by atoms with van der Waals surface area (Å²) in [6, 6.07) is 5.41. The highest BCUT2D eigenvalue weighted by atomic mass is 32.2. The van der Waals surface area contributed by atoms with Crippen molar-refractivity contribution in [2.24, 2.45) is 11.0 Å². The van der Waals surface area contributed by atoms with E-state index in [0.29, 0.717) is 10.8 Å². The summed E-state index contributed by atoms with van der Waals surface area (Å²) in [7, 11) is -3.57. The molecule has 1 saturated carbocycles.